The highest BCUT2D eigenvalue weighted by molar-refractivity contribution is 5.95. The van der Waals surface area contributed by atoms with Gasteiger partial charge in [0, 0.05) is 11.1 Å². The van der Waals surface area contributed by atoms with Crippen molar-refractivity contribution in [1.29, 1.82) is 0 Å². The molecule has 18 heavy (non-hydrogen) atoms. The van der Waals surface area contributed by atoms with Crippen molar-refractivity contribution < 1.29 is 9.59 Å². The van der Waals surface area contributed by atoms with Crippen LogP contribution in [0.5, 0.6) is 0 Å². The van der Waals surface area contributed by atoms with Gasteiger partial charge in [-0.1, -0.05) is 42.0 Å². The van der Waals surface area contributed by atoms with Crippen LogP contribution in [0.1, 0.15) is 31.8 Å². The number of benzene rings is 2. The second-order valence-corrected chi connectivity index (χ2v) is 4.37. The molecule has 0 amide bonds. The minimum atomic E-state index is 0.609. The molecule has 0 saturated carbocycles. The van der Waals surface area contributed by atoms with Crippen molar-refractivity contribution in [2.75, 3.05) is 0 Å². The van der Waals surface area contributed by atoms with Crippen molar-refractivity contribution in [2.24, 2.45) is 0 Å². The SMILES string of the molecule is Cc1ccc(C=O)c(-c2c(C)cccc2C=O)c1. The van der Waals surface area contributed by atoms with Gasteiger partial charge in [0.2, 0.25) is 0 Å². The van der Waals surface area contributed by atoms with Crippen LogP contribution in [0.15, 0.2) is 36.4 Å². The highest BCUT2D eigenvalue weighted by Crippen LogP contribution is 2.29. The highest BCUT2D eigenvalue weighted by Gasteiger charge is 2.11. The molecule has 0 spiro atoms. The van der Waals surface area contributed by atoms with E-state index < -0.39 is 0 Å². The lowest BCUT2D eigenvalue weighted by Crippen LogP contribution is -1.95. The molecule has 0 aliphatic carbocycles. The molecule has 2 aromatic carbocycles. The third kappa shape index (κ3) is 2.09. The second kappa shape index (κ2) is 4.96. The molecule has 2 heteroatoms. The number of aryl methyl sites for hydroxylation is 2. The van der Waals surface area contributed by atoms with E-state index in [-0.39, 0.29) is 0 Å². The zero-order valence-electron chi connectivity index (χ0n) is 10.4. The normalized spacial score (nSPS) is 10.1. The van der Waals surface area contributed by atoms with E-state index in [1.54, 1.807) is 12.1 Å². The number of hydrogen-bond donors (Lipinski definition) is 0. The van der Waals surface area contributed by atoms with Crippen LogP contribution in [0.4, 0.5) is 0 Å². The maximum atomic E-state index is 11.1. The molecule has 0 saturated heterocycles. The predicted octanol–water partition coefficient (Wildman–Crippen LogP) is 3.60. The zero-order chi connectivity index (χ0) is 13.1. The molecule has 2 aromatic rings. The Kier molecular flexibility index (Phi) is 3.38. The molecule has 0 heterocycles. The predicted molar refractivity (Wildman–Crippen MR) is 72.1 cm³/mol. The number of hydrogen-bond acceptors (Lipinski definition) is 2. The molecule has 0 radical (unpaired) electrons. The quantitative estimate of drug-likeness (QED) is 0.766. The zero-order valence-corrected chi connectivity index (χ0v) is 10.4. The third-order valence-electron chi connectivity index (χ3n) is 3.04. The summed E-state index contributed by atoms with van der Waals surface area (Å²) in [5.41, 5.74) is 4.95. The maximum absolute atomic E-state index is 11.1. The van der Waals surface area contributed by atoms with Crippen LogP contribution in [0.3, 0.4) is 0 Å². The fraction of sp³-hybridized carbons (Fsp3) is 0.125. The fourth-order valence-electron chi connectivity index (χ4n) is 2.15. The van der Waals surface area contributed by atoms with Crippen LogP contribution in [-0.4, -0.2) is 12.6 Å². The summed E-state index contributed by atoms with van der Waals surface area (Å²) in [7, 11) is 0. The Labute approximate surface area is 106 Å². The maximum Gasteiger partial charge on any atom is 0.150 e. The van der Waals surface area contributed by atoms with Gasteiger partial charge in [-0.2, -0.15) is 0 Å². The molecule has 0 atom stereocenters. The third-order valence-corrected chi connectivity index (χ3v) is 3.04. The molecular formula is C16H14O2. The summed E-state index contributed by atoms with van der Waals surface area (Å²) in [5, 5.41) is 0. The molecular weight excluding hydrogens is 224 g/mol. The van der Waals surface area contributed by atoms with Crippen molar-refractivity contribution >= 4 is 12.6 Å². The van der Waals surface area contributed by atoms with Crippen molar-refractivity contribution in [1.82, 2.24) is 0 Å². The van der Waals surface area contributed by atoms with Gasteiger partial charge in [0.25, 0.3) is 0 Å². The van der Waals surface area contributed by atoms with Crippen molar-refractivity contribution in [3.05, 3.63) is 58.7 Å². The van der Waals surface area contributed by atoms with E-state index >= 15 is 0 Å². The van der Waals surface area contributed by atoms with Crippen LogP contribution >= 0.6 is 0 Å². The van der Waals surface area contributed by atoms with E-state index in [0.29, 0.717) is 11.1 Å². The first kappa shape index (κ1) is 12.2. The Morgan fingerprint density at radius 3 is 2.28 bits per heavy atom. The Morgan fingerprint density at radius 1 is 0.889 bits per heavy atom. The number of rotatable bonds is 3. The van der Waals surface area contributed by atoms with Gasteiger partial charge in [-0.15, -0.1) is 0 Å². The summed E-state index contributed by atoms with van der Waals surface area (Å²) in [4.78, 5) is 22.3. The van der Waals surface area contributed by atoms with E-state index in [1.165, 1.54) is 0 Å². The van der Waals surface area contributed by atoms with Gasteiger partial charge in [0.1, 0.15) is 0 Å². The van der Waals surface area contributed by atoms with E-state index in [4.69, 9.17) is 0 Å². The van der Waals surface area contributed by atoms with Crippen LogP contribution < -0.4 is 0 Å². The Morgan fingerprint density at radius 2 is 1.61 bits per heavy atom. The minimum Gasteiger partial charge on any atom is -0.298 e. The lowest BCUT2D eigenvalue weighted by molar-refractivity contribution is 0.111. The summed E-state index contributed by atoms with van der Waals surface area (Å²) >= 11 is 0. The molecule has 0 bridgehead atoms. The lowest BCUT2D eigenvalue weighted by atomic mass is 9.91. The van der Waals surface area contributed by atoms with Gasteiger partial charge < -0.3 is 0 Å². The molecule has 0 unspecified atom stereocenters. The van der Waals surface area contributed by atoms with Crippen molar-refractivity contribution in [3.8, 4) is 11.1 Å². The molecule has 0 fully saturated rings. The van der Waals surface area contributed by atoms with E-state index in [1.807, 2.05) is 38.1 Å². The topological polar surface area (TPSA) is 34.1 Å². The van der Waals surface area contributed by atoms with Gasteiger partial charge in [-0.05, 0) is 30.5 Å². The first-order valence-electron chi connectivity index (χ1n) is 5.78. The highest BCUT2D eigenvalue weighted by atomic mass is 16.1. The monoisotopic (exact) mass is 238 g/mol. The van der Waals surface area contributed by atoms with Gasteiger partial charge >= 0.3 is 0 Å². The Balaban J connectivity index is 2.79. The fourth-order valence-corrected chi connectivity index (χ4v) is 2.15. The number of aldehydes is 2. The van der Waals surface area contributed by atoms with Crippen molar-refractivity contribution in [3.63, 3.8) is 0 Å². The van der Waals surface area contributed by atoms with E-state index in [0.717, 1.165) is 34.8 Å². The van der Waals surface area contributed by atoms with Crippen LogP contribution in [0, 0.1) is 13.8 Å². The van der Waals surface area contributed by atoms with Crippen LogP contribution in [0.2, 0.25) is 0 Å². The molecule has 2 nitrogen and oxygen atoms in total. The minimum absolute atomic E-state index is 0.609. The molecule has 2 rings (SSSR count). The second-order valence-electron chi connectivity index (χ2n) is 4.37. The van der Waals surface area contributed by atoms with Crippen LogP contribution in [-0.2, 0) is 0 Å². The lowest BCUT2D eigenvalue weighted by Gasteiger charge is -2.12. The molecule has 90 valence electrons. The summed E-state index contributed by atoms with van der Waals surface area (Å²) < 4.78 is 0. The van der Waals surface area contributed by atoms with Gasteiger partial charge in [0.05, 0.1) is 0 Å². The summed E-state index contributed by atoms with van der Waals surface area (Å²) in [6.45, 7) is 3.91. The average Bonchev–Trinajstić information content (AvgIpc) is 2.38. The molecule has 0 aliphatic heterocycles. The largest absolute Gasteiger partial charge is 0.298 e. The van der Waals surface area contributed by atoms with Gasteiger partial charge in [-0.3, -0.25) is 9.59 Å². The summed E-state index contributed by atoms with van der Waals surface area (Å²) in [6.07, 6.45) is 1.66. The van der Waals surface area contributed by atoms with Gasteiger partial charge in [0.15, 0.2) is 12.6 Å². The number of carbonyl (C=O) groups is 2. The first-order chi connectivity index (χ1) is 8.67. The number of carbonyl (C=O) groups excluding carboxylic acids is 2. The first-order valence-corrected chi connectivity index (χ1v) is 5.78. The van der Waals surface area contributed by atoms with E-state index in [2.05, 4.69) is 0 Å². The van der Waals surface area contributed by atoms with Crippen molar-refractivity contribution in [2.45, 2.75) is 13.8 Å². The standard InChI is InChI=1S/C16H14O2/c1-11-6-7-13(9-17)15(8-11)16-12(2)4-3-5-14(16)10-18/h3-10H,1-2H3. The Hall–Kier alpha value is -2.22. The summed E-state index contributed by atoms with van der Waals surface area (Å²) in [6, 6.07) is 11.2. The van der Waals surface area contributed by atoms with E-state index in [9.17, 15) is 9.59 Å². The molecule has 0 aromatic heterocycles. The summed E-state index contributed by atoms with van der Waals surface area (Å²) in [5.74, 6) is 0. The van der Waals surface area contributed by atoms with Crippen LogP contribution in [0.25, 0.3) is 11.1 Å². The Bertz CT molecular complexity index is 612. The van der Waals surface area contributed by atoms with Gasteiger partial charge in [-0.25, -0.2) is 0 Å². The smallest absolute Gasteiger partial charge is 0.150 e. The average molecular weight is 238 g/mol. The molecule has 0 N–H and O–H groups in total. The molecule has 0 aliphatic rings.